The third kappa shape index (κ3) is 3.46. The van der Waals surface area contributed by atoms with E-state index in [9.17, 15) is 0 Å². The molecule has 96 valence electrons. The molecule has 0 aliphatic rings. The monoisotopic (exact) mass is 240 g/mol. The Bertz CT molecular complexity index is 473. The van der Waals surface area contributed by atoms with Gasteiger partial charge in [0.15, 0.2) is 0 Å². The van der Waals surface area contributed by atoms with Gasteiger partial charge in [-0.1, -0.05) is 62.4 Å². The summed E-state index contributed by atoms with van der Waals surface area (Å²) in [6, 6.07) is 6.62. The van der Waals surface area contributed by atoms with Crippen molar-refractivity contribution < 1.29 is 0 Å². The summed E-state index contributed by atoms with van der Waals surface area (Å²) in [7, 11) is 0. The van der Waals surface area contributed by atoms with Gasteiger partial charge in [-0.25, -0.2) is 0 Å². The Hall–Kier alpha value is -1.56. The van der Waals surface area contributed by atoms with Gasteiger partial charge in [0, 0.05) is 0 Å². The highest BCUT2D eigenvalue weighted by Gasteiger charge is 2.07. The van der Waals surface area contributed by atoms with E-state index in [2.05, 4.69) is 70.7 Å². The molecule has 0 fully saturated rings. The lowest BCUT2D eigenvalue weighted by Gasteiger charge is -2.13. The molecule has 0 bridgehead atoms. The first-order valence-corrected chi connectivity index (χ1v) is 6.76. The summed E-state index contributed by atoms with van der Waals surface area (Å²) in [5.41, 5.74) is 6.31. The summed E-state index contributed by atoms with van der Waals surface area (Å²) < 4.78 is 0. The third-order valence-corrected chi connectivity index (χ3v) is 3.16. The summed E-state index contributed by atoms with van der Waals surface area (Å²) in [6.45, 7) is 12.8. The van der Waals surface area contributed by atoms with E-state index >= 15 is 0 Å². The average Bonchev–Trinajstić information content (AvgIpc) is 2.39. The van der Waals surface area contributed by atoms with Gasteiger partial charge >= 0.3 is 0 Å². The van der Waals surface area contributed by atoms with Crippen LogP contribution in [-0.4, -0.2) is 0 Å². The van der Waals surface area contributed by atoms with E-state index in [1.807, 2.05) is 0 Å². The Morgan fingerprint density at radius 1 is 1.28 bits per heavy atom. The van der Waals surface area contributed by atoms with Crippen molar-refractivity contribution in [2.75, 3.05) is 0 Å². The molecule has 0 heteroatoms. The number of allylic oxidation sites excluding steroid dienone is 5. The second-order valence-corrected chi connectivity index (χ2v) is 4.55. The van der Waals surface area contributed by atoms with Crippen LogP contribution in [0, 0.1) is 6.92 Å². The van der Waals surface area contributed by atoms with Gasteiger partial charge in [-0.3, -0.25) is 0 Å². The summed E-state index contributed by atoms with van der Waals surface area (Å²) in [5, 5.41) is 0. The topological polar surface area (TPSA) is 0 Å². The lowest BCUT2D eigenvalue weighted by Crippen LogP contribution is -1.94. The van der Waals surface area contributed by atoms with Gasteiger partial charge in [-0.2, -0.15) is 0 Å². The van der Waals surface area contributed by atoms with Gasteiger partial charge in [0.05, 0.1) is 0 Å². The van der Waals surface area contributed by atoms with Crippen molar-refractivity contribution in [1.29, 1.82) is 0 Å². The van der Waals surface area contributed by atoms with E-state index in [1.165, 1.54) is 22.3 Å². The van der Waals surface area contributed by atoms with Crippen LogP contribution in [0.1, 0.15) is 43.9 Å². The van der Waals surface area contributed by atoms with Crippen LogP contribution in [0.4, 0.5) is 0 Å². The third-order valence-electron chi connectivity index (χ3n) is 3.16. The normalized spacial score (nSPS) is 12.1. The standard InChI is InChI=1S/C18H24/c1-6-9-10-16(7-2)15(5)18-12-11-14(4)13-17(18)8-3/h7,9-13H,5-6,8H2,1-4H3/b10-9-,16-7+. The molecule has 0 aliphatic heterocycles. The number of hydrogen-bond donors (Lipinski definition) is 0. The van der Waals surface area contributed by atoms with Crippen molar-refractivity contribution in [3.05, 3.63) is 65.3 Å². The highest BCUT2D eigenvalue weighted by Crippen LogP contribution is 2.26. The Balaban J connectivity index is 3.13. The van der Waals surface area contributed by atoms with Crippen molar-refractivity contribution in [3.8, 4) is 0 Å². The molecule has 0 unspecified atom stereocenters. The summed E-state index contributed by atoms with van der Waals surface area (Å²) in [5.74, 6) is 0. The molecule has 0 spiro atoms. The van der Waals surface area contributed by atoms with E-state index in [1.54, 1.807) is 0 Å². The minimum atomic E-state index is 1.05. The maximum absolute atomic E-state index is 4.27. The number of aryl methyl sites for hydroxylation is 2. The fraction of sp³-hybridized carbons (Fsp3) is 0.333. The van der Waals surface area contributed by atoms with E-state index in [-0.39, 0.29) is 0 Å². The van der Waals surface area contributed by atoms with Crippen LogP contribution in [0.25, 0.3) is 5.57 Å². The summed E-state index contributed by atoms with van der Waals surface area (Å²) in [6.07, 6.45) is 8.58. The number of rotatable bonds is 5. The van der Waals surface area contributed by atoms with Crippen LogP contribution < -0.4 is 0 Å². The molecule has 0 saturated heterocycles. The van der Waals surface area contributed by atoms with Crippen LogP contribution in [-0.2, 0) is 6.42 Å². The van der Waals surface area contributed by atoms with E-state index in [4.69, 9.17) is 0 Å². The zero-order chi connectivity index (χ0) is 13.5. The molecule has 0 amide bonds. The van der Waals surface area contributed by atoms with Crippen molar-refractivity contribution in [2.45, 2.75) is 40.5 Å². The van der Waals surface area contributed by atoms with Crippen LogP contribution in [0.15, 0.2) is 48.6 Å². The van der Waals surface area contributed by atoms with Gasteiger partial charge < -0.3 is 0 Å². The quantitative estimate of drug-likeness (QED) is 0.597. The van der Waals surface area contributed by atoms with Crippen LogP contribution in [0.2, 0.25) is 0 Å². The number of benzene rings is 1. The minimum absolute atomic E-state index is 1.05. The predicted octanol–water partition coefficient (Wildman–Crippen LogP) is 5.48. The van der Waals surface area contributed by atoms with Crippen molar-refractivity contribution in [3.63, 3.8) is 0 Å². The Morgan fingerprint density at radius 2 is 2.00 bits per heavy atom. The highest BCUT2D eigenvalue weighted by molar-refractivity contribution is 5.81. The second kappa shape index (κ2) is 7.00. The van der Waals surface area contributed by atoms with Gasteiger partial charge in [0.2, 0.25) is 0 Å². The van der Waals surface area contributed by atoms with Gasteiger partial charge in [0.25, 0.3) is 0 Å². The van der Waals surface area contributed by atoms with Crippen LogP contribution in [0.3, 0.4) is 0 Å². The van der Waals surface area contributed by atoms with E-state index < -0.39 is 0 Å². The molecule has 18 heavy (non-hydrogen) atoms. The second-order valence-electron chi connectivity index (χ2n) is 4.55. The van der Waals surface area contributed by atoms with Crippen molar-refractivity contribution >= 4 is 5.57 Å². The molecule has 0 radical (unpaired) electrons. The molecule has 0 atom stereocenters. The lowest BCUT2D eigenvalue weighted by molar-refractivity contribution is 1.12. The zero-order valence-corrected chi connectivity index (χ0v) is 12.1. The van der Waals surface area contributed by atoms with Crippen molar-refractivity contribution in [2.24, 2.45) is 0 Å². The fourth-order valence-corrected chi connectivity index (χ4v) is 2.08. The molecule has 0 N–H and O–H groups in total. The predicted molar refractivity (Wildman–Crippen MR) is 82.8 cm³/mol. The van der Waals surface area contributed by atoms with E-state index in [0.29, 0.717) is 0 Å². The van der Waals surface area contributed by atoms with Gasteiger partial charge in [-0.05, 0) is 49.0 Å². The molecule has 0 saturated carbocycles. The van der Waals surface area contributed by atoms with Gasteiger partial charge in [-0.15, -0.1) is 0 Å². The lowest BCUT2D eigenvalue weighted by atomic mass is 9.92. The van der Waals surface area contributed by atoms with Crippen LogP contribution >= 0.6 is 0 Å². The first-order chi connectivity index (χ1) is 8.63. The maximum Gasteiger partial charge on any atom is -0.0152 e. The smallest absolute Gasteiger partial charge is 0.0152 e. The SMILES string of the molecule is C=C(C(/C=C\CC)=C/C)c1ccc(C)cc1CC. The Morgan fingerprint density at radius 3 is 2.56 bits per heavy atom. The minimum Gasteiger partial charge on any atom is -0.0906 e. The molecule has 1 aromatic rings. The molecule has 0 heterocycles. The molecular weight excluding hydrogens is 216 g/mol. The Kier molecular flexibility index (Phi) is 5.64. The molecular formula is C18H24. The first kappa shape index (κ1) is 14.5. The molecule has 1 aromatic carbocycles. The Labute approximate surface area is 112 Å². The van der Waals surface area contributed by atoms with E-state index in [0.717, 1.165) is 18.4 Å². The summed E-state index contributed by atoms with van der Waals surface area (Å²) in [4.78, 5) is 0. The first-order valence-electron chi connectivity index (χ1n) is 6.76. The average molecular weight is 240 g/mol. The highest BCUT2D eigenvalue weighted by atomic mass is 14.1. The van der Waals surface area contributed by atoms with Crippen LogP contribution in [0.5, 0.6) is 0 Å². The van der Waals surface area contributed by atoms with Crippen molar-refractivity contribution in [1.82, 2.24) is 0 Å². The largest absolute Gasteiger partial charge is 0.0906 e. The maximum atomic E-state index is 4.27. The molecule has 0 aromatic heterocycles. The number of hydrogen-bond acceptors (Lipinski definition) is 0. The molecule has 0 nitrogen and oxygen atoms in total. The summed E-state index contributed by atoms with van der Waals surface area (Å²) >= 11 is 0. The zero-order valence-electron chi connectivity index (χ0n) is 12.1. The fourth-order valence-electron chi connectivity index (χ4n) is 2.08. The molecule has 0 aliphatic carbocycles. The van der Waals surface area contributed by atoms with Gasteiger partial charge in [0.1, 0.15) is 0 Å². The molecule has 1 rings (SSSR count).